The molecule has 1 aliphatic rings. The third-order valence-corrected chi connectivity index (χ3v) is 5.74. The van der Waals surface area contributed by atoms with Gasteiger partial charge in [-0.1, -0.05) is 24.4 Å². The van der Waals surface area contributed by atoms with E-state index in [1.165, 1.54) is 0 Å². The first-order valence-electron chi connectivity index (χ1n) is 6.77. The van der Waals surface area contributed by atoms with Crippen LogP contribution in [0, 0.1) is 0 Å². The molecule has 1 aromatic rings. The Morgan fingerprint density at radius 2 is 2.25 bits per heavy atom. The number of likely N-dealkylation sites (tertiary alicyclic amines) is 1. The highest BCUT2D eigenvalue weighted by Crippen LogP contribution is 2.18. The van der Waals surface area contributed by atoms with Crippen molar-refractivity contribution < 1.29 is 8.42 Å². The number of sulfone groups is 1. The number of nitrogens with two attached hydrogens (primary N) is 1. The number of hydrogen-bond acceptors (Lipinski definition) is 4. The predicted octanol–water partition coefficient (Wildman–Crippen LogP) is 1.58. The highest BCUT2D eigenvalue weighted by Gasteiger charge is 2.23. The summed E-state index contributed by atoms with van der Waals surface area (Å²) in [7, 11) is -3.28. The second kappa shape index (κ2) is 6.20. The second-order valence-corrected chi connectivity index (χ2v) is 7.79. The minimum Gasteiger partial charge on any atom is -0.389 e. The van der Waals surface area contributed by atoms with Crippen LogP contribution in [0.4, 0.5) is 0 Å². The van der Waals surface area contributed by atoms with Crippen molar-refractivity contribution >= 4 is 27.0 Å². The average molecular weight is 312 g/mol. The minimum absolute atomic E-state index is 0.137. The summed E-state index contributed by atoms with van der Waals surface area (Å²) >= 11 is 4.89. The van der Waals surface area contributed by atoms with E-state index in [0.29, 0.717) is 23.0 Å². The number of nitrogens with zero attached hydrogens (tertiary/aromatic N) is 1. The predicted molar refractivity (Wildman–Crippen MR) is 84.7 cm³/mol. The number of rotatable bonds is 5. The molecule has 0 spiro atoms. The van der Waals surface area contributed by atoms with E-state index in [2.05, 4.69) is 11.8 Å². The van der Waals surface area contributed by atoms with Gasteiger partial charge in [0.25, 0.3) is 0 Å². The van der Waals surface area contributed by atoms with Crippen molar-refractivity contribution in [2.75, 3.05) is 18.8 Å². The normalized spacial score (nSPS) is 20.1. The second-order valence-electron chi connectivity index (χ2n) is 5.24. The van der Waals surface area contributed by atoms with Gasteiger partial charge in [-0.3, -0.25) is 4.90 Å². The molecule has 1 atom stereocenters. The van der Waals surface area contributed by atoms with E-state index in [4.69, 9.17) is 18.0 Å². The Balaban J connectivity index is 2.10. The first kappa shape index (κ1) is 15.4. The summed E-state index contributed by atoms with van der Waals surface area (Å²) in [4.78, 5) is 2.75. The molecule has 1 fully saturated rings. The fraction of sp³-hybridized carbons (Fsp3) is 0.500. The van der Waals surface area contributed by atoms with E-state index in [9.17, 15) is 8.42 Å². The maximum Gasteiger partial charge on any atom is 0.179 e. The quantitative estimate of drug-likeness (QED) is 0.836. The van der Waals surface area contributed by atoms with E-state index in [0.717, 1.165) is 19.4 Å². The molecule has 1 heterocycles. The van der Waals surface area contributed by atoms with Crippen molar-refractivity contribution in [1.29, 1.82) is 0 Å². The zero-order chi connectivity index (χ0) is 14.8. The van der Waals surface area contributed by atoms with Gasteiger partial charge in [0.15, 0.2) is 9.84 Å². The molecular weight excluding hydrogens is 292 g/mol. The maximum absolute atomic E-state index is 12.4. The first-order valence-corrected chi connectivity index (χ1v) is 8.83. The molecule has 110 valence electrons. The zero-order valence-corrected chi connectivity index (χ0v) is 13.2. The Morgan fingerprint density at radius 3 is 2.85 bits per heavy atom. The van der Waals surface area contributed by atoms with Gasteiger partial charge in [-0.25, -0.2) is 8.42 Å². The van der Waals surface area contributed by atoms with Gasteiger partial charge >= 0.3 is 0 Å². The number of benzene rings is 1. The maximum atomic E-state index is 12.4. The lowest BCUT2D eigenvalue weighted by molar-refractivity contribution is 0.284. The van der Waals surface area contributed by atoms with Gasteiger partial charge in [0, 0.05) is 18.2 Å². The van der Waals surface area contributed by atoms with Crippen molar-refractivity contribution in [3.05, 3.63) is 29.8 Å². The lowest BCUT2D eigenvalue weighted by atomic mass is 10.2. The van der Waals surface area contributed by atoms with Crippen LogP contribution in [0.1, 0.15) is 25.3 Å². The standard InChI is InChI=1S/C14H20N2O2S2/c1-11-4-3-7-16(11)8-9-20(17,18)13-6-2-5-12(10-13)14(15)19/h2,5-6,10-11H,3-4,7-9H2,1H3,(H2,15,19). The molecule has 1 aliphatic heterocycles. The molecule has 0 aromatic heterocycles. The van der Waals surface area contributed by atoms with Gasteiger partial charge in [-0.05, 0) is 38.4 Å². The van der Waals surface area contributed by atoms with Crippen LogP contribution in [-0.2, 0) is 9.84 Å². The summed E-state index contributed by atoms with van der Waals surface area (Å²) in [5, 5.41) is 0. The summed E-state index contributed by atoms with van der Waals surface area (Å²) in [6.07, 6.45) is 2.30. The molecule has 0 aliphatic carbocycles. The van der Waals surface area contributed by atoms with Crippen LogP contribution in [0.3, 0.4) is 0 Å². The zero-order valence-electron chi connectivity index (χ0n) is 11.6. The lowest BCUT2D eigenvalue weighted by Gasteiger charge is -2.20. The molecule has 0 amide bonds. The number of thiocarbonyl (C=S) groups is 1. The average Bonchev–Trinajstić information content (AvgIpc) is 2.82. The van der Waals surface area contributed by atoms with Gasteiger partial charge in [0.05, 0.1) is 10.6 Å². The monoisotopic (exact) mass is 312 g/mol. The summed E-state index contributed by atoms with van der Waals surface area (Å²) < 4.78 is 24.7. The van der Waals surface area contributed by atoms with Gasteiger partial charge < -0.3 is 5.73 Å². The molecule has 2 rings (SSSR count). The third-order valence-electron chi connectivity index (χ3n) is 3.82. The molecule has 1 saturated heterocycles. The van der Waals surface area contributed by atoms with E-state index >= 15 is 0 Å². The van der Waals surface area contributed by atoms with Gasteiger partial charge in [-0.2, -0.15) is 0 Å². The van der Waals surface area contributed by atoms with Crippen molar-refractivity contribution in [1.82, 2.24) is 4.90 Å². The molecule has 4 nitrogen and oxygen atoms in total. The summed E-state index contributed by atoms with van der Waals surface area (Å²) in [6, 6.07) is 7.05. The van der Waals surface area contributed by atoms with Crippen molar-refractivity contribution in [3.8, 4) is 0 Å². The third kappa shape index (κ3) is 3.56. The van der Waals surface area contributed by atoms with E-state index < -0.39 is 9.84 Å². The molecule has 6 heteroatoms. The number of hydrogen-bond donors (Lipinski definition) is 1. The molecular formula is C14H20N2O2S2. The van der Waals surface area contributed by atoms with Crippen LogP contribution in [0.5, 0.6) is 0 Å². The van der Waals surface area contributed by atoms with Gasteiger partial charge in [-0.15, -0.1) is 0 Å². The molecule has 0 bridgehead atoms. The van der Waals surface area contributed by atoms with Gasteiger partial charge in [0.2, 0.25) is 0 Å². The Kier molecular flexibility index (Phi) is 4.78. The van der Waals surface area contributed by atoms with Crippen molar-refractivity contribution in [3.63, 3.8) is 0 Å². The van der Waals surface area contributed by atoms with Crippen LogP contribution < -0.4 is 5.73 Å². The Labute approximate surface area is 125 Å². The molecule has 0 saturated carbocycles. The molecule has 1 aromatic carbocycles. The first-order chi connectivity index (χ1) is 9.40. The molecule has 0 radical (unpaired) electrons. The van der Waals surface area contributed by atoms with Gasteiger partial charge in [0.1, 0.15) is 4.99 Å². The summed E-state index contributed by atoms with van der Waals surface area (Å²) in [5.41, 5.74) is 6.14. The van der Waals surface area contributed by atoms with Crippen LogP contribution >= 0.6 is 12.2 Å². The molecule has 20 heavy (non-hydrogen) atoms. The summed E-state index contributed by atoms with van der Waals surface area (Å²) in [5.74, 6) is 0.137. The fourth-order valence-electron chi connectivity index (χ4n) is 2.52. The smallest absolute Gasteiger partial charge is 0.179 e. The van der Waals surface area contributed by atoms with Crippen LogP contribution in [0.2, 0.25) is 0 Å². The Morgan fingerprint density at radius 1 is 1.50 bits per heavy atom. The highest BCUT2D eigenvalue weighted by atomic mass is 32.2. The molecule has 2 N–H and O–H groups in total. The van der Waals surface area contributed by atoms with E-state index in [-0.39, 0.29) is 10.7 Å². The SMILES string of the molecule is CC1CCCN1CCS(=O)(=O)c1cccc(C(N)=S)c1. The van der Waals surface area contributed by atoms with Crippen LogP contribution in [0.15, 0.2) is 29.2 Å². The minimum atomic E-state index is -3.28. The van der Waals surface area contributed by atoms with E-state index in [1.807, 2.05) is 0 Å². The van der Waals surface area contributed by atoms with Crippen molar-refractivity contribution in [2.24, 2.45) is 5.73 Å². The fourth-order valence-corrected chi connectivity index (χ4v) is 3.95. The lowest BCUT2D eigenvalue weighted by Crippen LogP contribution is -2.32. The largest absolute Gasteiger partial charge is 0.389 e. The highest BCUT2D eigenvalue weighted by molar-refractivity contribution is 7.91. The summed E-state index contributed by atoms with van der Waals surface area (Å²) in [6.45, 7) is 3.72. The Hall–Kier alpha value is -0.980. The molecule has 1 unspecified atom stereocenters. The Bertz CT molecular complexity index is 599. The topological polar surface area (TPSA) is 63.4 Å². The van der Waals surface area contributed by atoms with Crippen LogP contribution in [0.25, 0.3) is 0 Å². The van der Waals surface area contributed by atoms with Crippen molar-refractivity contribution in [2.45, 2.75) is 30.7 Å². The van der Waals surface area contributed by atoms with Crippen LogP contribution in [-0.4, -0.2) is 43.2 Å². The van der Waals surface area contributed by atoms with E-state index in [1.54, 1.807) is 24.3 Å².